The van der Waals surface area contributed by atoms with Gasteiger partial charge in [0.05, 0.1) is 0 Å². The molecule has 1 aromatic carbocycles. The summed E-state index contributed by atoms with van der Waals surface area (Å²) < 4.78 is 0. The standard InChI is InChI=1S/C23H27N5O/c1-3-14-28(15-4-2)21-16-20(23(29)25-17-18-10-12-24-13-11-18)26-22(27-21)19-8-6-5-7-9-19/h5-13,16H,3-4,14-15,17H2,1-2H3,(H,25,29). The first-order chi connectivity index (χ1) is 14.2. The summed E-state index contributed by atoms with van der Waals surface area (Å²) in [5, 5.41) is 2.95. The van der Waals surface area contributed by atoms with Gasteiger partial charge in [-0.2, -0.15) is 0 Å². The van der Waals surface area contributed by atoms with Gasteiger partial charge in [-0.05, 0) is 30.5 Å². The molecule has 0 aliphatic rings. The van der Waals surface area contributed by atoms with Crippen LogP contribution in [0.3, 0.4) is 0 Å². The van der Waals surface area contributed by atoms with Crippen LogP contribution >= 0.6 is 0 Å². The molecule has 0 aliphatic heterocycles. The van der Waals surface area contributed by atoms with Gasteiger partial charge in [-0.1, -0.05) is 44.2 Å². The van der Waals surface area contributed by atoms with E-state index < -0.39 is 0 Å². The van der Waals surface area contributed by atoms with Crippen LogP contribution in [0, 0.1) is 0 Å². The molecule has 6 heteroatoms. The third kappa shape index (κ3) is 5.60. The van der Waals surface area contributed by atoms with Crippen LogP contribution in [-0.2, 0) is 6.54 Å². The summed E-state index contributed by atoms with van der Waals surface area (Å²) in [5.74, 6) is 1.14. The van der Waals surface area contributed by atoms with Crippen molar-refractivity contribution in [1.29, 1.82) is 0 Å². The van der Waals surface area contributed by atoms with E-state index in [1.165, 1.54) is 0 Å². The Balaban J connectivity index is 1.92. The fourth-order valence-electron chi connectivity index (χ4n) is 3.08. The lowest BCUT2D eigenvalue weighted by atomic mass is 10.2. The Hall–Kier alpha value is -3.28. The number of carbonyl (C=O) groups is 1. The van der Waals surface area contributed by atoms with Crippen molar-refractivity contribution in [2.24, 2.45) is 0 Å². The molecule has 2 aromatic heterocycles. The zero-order valence-electron chi connectivity index (χ0n) is 17.0. The van der Waals surface area contributed by atoms with Gasteiger partial charge in [0.15, 0.2) is 5.82 Å². The van der Waals surface area contributed by atoms with Gasteiger partial charge in [0, 0.05) is 43.7 Å². The molecule has 0 radical (unpaired) electrons. The summed E-state index contributed by atoms with van der Waals surface area (Å²) in [5.41, 5.74) is 2.26. The number of hydrogen-bond donors (Lipinski definition) is 1. The normalized spacial score (nSPS) is 10.6. The fraction of sp³-hybridized carbons (Fsp3) is 0.304. The predicted octanol–water partition coefficient (Wildman–Crippen LogP) is 4.10. The first kappa shape index (κ1) is 20.5. The van der Waals surface area contributed by atoms with Crippen molar-refractivity contribution in [2.45, 2.75) is 33.2 Å². The molecule has 150 valence electrons. The molecule has 29 heavy (non-hydrogen) atoms. The number of benzene rings is 1. The minimum Gasteiger partial charge on any atom is -0.357 e. The van der Waals surface area contributed by atoms with Gasteiger partial charge < -0.3 is 10.2 Å². The van der Waals surface area contributed by atoms with E-state index in [2.05, 4.69) is 34.0 Å². The molecule has 1 amide bonds. The van der Waals surface area contributed by atoms with Gasteiger partial charge in [0.25, 0.3) is 5.91 Å². The first-order valence-electron chi connectivity index (χ1n) is 10.1. The van der Waals surface area contributed by atoms with Crippen molar-refractivity contribution in [3.05, 3.63) is 72.2 Å². The Bertz CT molecular complexity index is 909. The van der Waals surface area contributed by atoms with Crippen molar-refractivity contribution in [2.75, 3.05) is 18.0 Å². The predicted molar refractivity (Wildman–Crippen MR) is 116 cm³/mol. The number of anilines is 1. The Kier molecular flexibility index (Phi) is 7.28. The highest BCUT2D eigenvalue weighted by atomic mass is 16.1. The lowest BCUT2D eigenvalue weighted by Crippen LogP contribution is -2.28. The van der Waals surface area contributed by atoms with Crippen molar-refractivity contribution < 1.29 is 4.79 Å². The molecule has 0 fully saturated rings. The summed E-state index contributed by atoms with van der Waals surface area (Å²) >= 11 is 0. The minimum absolute atomic E-state index is 0.212. The number of hydrogen-bond acceptors (Lipinski definition) is 5. The number of rotatable bonds is 9. The Morgan fingerprint density at radius 2 is 1.66 bits per heavy atom. The smallest absolute Gasteiger partial charge is 0.270 e. The molecule has 0 saturated carbocycles. The third-order valence-corrected chi connectivity index (χ3v) is 4.49. The van der Waals surface area contributed by atoms with Crippen molar-refractivity contribution in [1.82, 2.24) is 20.3 Å². The van der Waals surface area contributed by atoms with Crippen LogP contribution in [0.2, 0.25) is 0 Å². The van der Waals surface area contributed by atoms with E-state index in [0.29, 0.717) is 18.1 Å². The number of amides is 1. The summed E-state index contributed by atoms with van der Waals surface area (Å²) in [4.78, 5) is 28.4. The summed E-state index contributed by atoms with van der Waals surface area (Å²) in [6, 6.07) is 15.3. The van der Waals surface area contributed by atoms with Crippen LogP contribution in [-0.4, -0.2) is 33.9 Å². The van der Waals surface area contributed by atoms with E-state index >= 15 is 0 Å². The molecule has 6 nitrogen and oxygen atoms in total. The number of carbonyl (C=O) groups excluding carboxylic acids is 1. The van der Waals surface area contributed by atoms with E-state index in [1.54, 1.807) is 18.5 Å². The Labute approximate surface area is 172 Å². The molecule has 0 bridgehead atoms. The number of nitrogens with zero attached hydrogens (tertiary/aromatic N) is 4. The number of aromatic nitrogens is 3. The highest BCUT2D eigenvalue weighted by Gasteiger charge is 2.16. The molecule has 0 atom stereocenters. The van der Waals surface area contributed by atoms with Gasteiger partial charge in [0.2, 0.25) is 0 Å². The molecular weight excluding hydrogens is 362 g/mol. The van der Waals surface area contributed by atoms with E-state index in [0.717, 1.165) is 42.9 Å². The quantitative estimate of drug-likeness (QED) is 0.597. The van der Waals surface area contributed by atoms with Crippen LogP contribution < -0.4 is 10.2 Å². The molecule has 2 heterocycles. The van der Waals surface area contributed by atoms with Gasteiger partial charge in [0.1, 0.15) is 11.5 Å². The van der Waals surface area contributed by atoms with Crippen molar-refractivity contribution >= 4 is 11.7 Å². The Morgan fingerprint density at radius 3 is 2.31 bits per heavy atom. The second-order valence-electron chi connectivity index (χ2n) is 6.83. The maximum Gasteiger partial charge on any atom is 0.270 e. The zero-order chi connectivity index (χ0) is 20.5. The topological polar surface area (TPSA) is 71.0 Å². The lowest BCUT2D eigenvalue weighted by molar-refractivity contribution is 0.0946. The van der Waals surface area contributed by atoms with Gasteiger partial charge >= 0.3 is 0 Å². The second-order valence-corrected chi connectivity index (χ2v) is 6.83. The summed E-state index contributed by atoms with van der Waals surface area (Å²) in [6.07, 6.45) is 5.44. The highest BCUT2D eigenvalue weighted by molar-refractivity contribution is 5.93. The number of pyridine rings is 1. The monoisotopic (exact) mass is 389 g/mol. The number of nitrogens with one attached hydrogen (secondary N) is 1. The first-order valence-corrected chi connectivity index (χ1v) is 10.1. The molecule has 0 unspecified atom stereocenters. The average Bonchev–Trinajstić information content (AvgIpc) is 2.78. The third-order valence-electron chi connectivity index (χ3n) is 4.49. The molecular formula is C23H27N5O. The van der Waals surface area contributed by atoms with E-state index in [1.807, 2.05) is 42.5 Å². The average molecular weight is 390 g/mol. The maximum atomic E-state index is 12.9. The van der Waals surface area contributed by atoms with E-state index in [9.17, 15) is 4.79 Å². The van der Waals surface area contributed by atoms with Crippen molar-refractivity contribution in [3.8, 4) is 11.4 Å². The van der Waals surface area contributed by atoms with Gasteiger partial charge in [-0.25, -0.2) is 9.97 Å². The largest absolute Gasteiger partial charge is 0.357 e. The second kappa shape index (κ2) is 10.3. The minimum atomic E-state index is -0.212. The van der Waals surface area contributed by atoms with Gasteiger partial charge in [-0.3, -0.25) is 9.78 Å². The molecule has 3 rings (SSSR count). The molecule has 1 N–H and O–H groups in total. The van der Waals surface area contributed by atoms with Crippen LogP contribution in [0.1, 0.15) is 42.7 Å². The molecule has 0 spiro atoms. The SMILES string of the molecule is CCCN(CCC)c1cc(C(=O)NCc2ccncc2)nc(-c2ccccc2)n1. The van der Waals surface area contributed by atoms with E-state index in [-0.39, 0.29) is 5.91 Å². The van der Waals surface area contributed by atoms with Gasteiger partial charge in [-0.15, -0.1) is 0 Å². The van der Waals surface area contributed by atoms with Crippen LogP contribution in [0.15, 0.2) is 60.9 Å². The molecule has 0 saturated heterocycles. The maximum absolute atomic E-state index is 12.9. The lowest BCUT2D eigenvalue weighted by Gasteiger charge is -2.23. The van der Waals surface area contributed by atoms with Crippen LogP contribution in [0.4, 0.5) is 5.82 Å². The van der Waals surface area contributed by atoms with E-state index in [4.69, 9.17) is 4.98 Å². The molecule has 3 aromatic rings. The van der Waals surface area contributed by atoms with Crippen molar-refractivity contribution in [3.63, 3.8) is 0 Å². The van der Waals surface area contributed by atoms with Crippen LogP contribution in [0.25, 0.3) is 11.4 Å². The Morgan fingerprint density at radius 1 is 0.966 bits per heavy atom. The zero-order valence-corrected chi connectivity index (χ0v) is 17.0. The fourth-order valence-corrected chi connectivity index (χ4v) is 3.08. The molecule has 0 aliphatic carbocycles. The highest BCUT2D eigenvalue weighted by Crippen LogP contribution is 2.21. The van der Waals surface area contributed by atoms with Crippen LogP contribution in [0.5, 0.6) is 0 Å². The summed E-state index contributed by atoms with van der Waals surface area (Å²) in [6.45, 7) is 6.48. The summed E-state index contributed by atoms with van der Waals surface area (Å²) in [7, 11) is 0.